The smallest absolute Gasteiger partial charge is 0.217 e. The third-order valence-electron chi connectivity index (χ3n) is 0.596. The summed E-state index contributed by atoms with van der Waals surface area (Å²) in [5.74, 6) is 0. The molecule has 0 heterocycles. The van der Waals surface area contributed by atoms with E-state index in [0.29, 0.717) is 0 Å². The predicted molar refractivity (Wildman–Crippen MR) is 38.0 cm³/mol. The van der Waals surface area contributed by atoms with Crippen LogP contribution in [0.2, 0.25) is 0 Å². The minimum absolute atomic E-state index is 0.256. The minimum atomic E-state index is 0.256. The second kappa shape index (κ2) is 4.78. The second-order valence-electron chi connectivity index (χ2n) is 1.31. The van der Waals surface area contributed by atoms with Crippen LogP contribution in [0.5, 0.6) is 0 Å². The highest BCUT2D eigenvalue weighted by Crippen LogP contribution is 1.87. The first kappa shape index (κ1) is 7.63. The van der Waals surface area contributed by atoms with Gasteiger partial charge in [-0.05, 0) is 24.7 Å². The molecule has 0 atom stereocenters. The Morgan fingerprint density at radius 2 is 2.38 bits per heavy atom. The number of halogens is 1. The van der Waals surface area contributed by atoms with Crippen LogP contribution in [0.3, 0.4) is 0 Å². The van der Waals surface area contributed by atoms with Crippen molar-refractivity contribution in [2.75, 3.05) is 6.54 Å². The van der Waals surface area contributed by atoms with E-state index in [1.165, 1.54) is 0 Å². The molecule has 0 aromatic carbocycles. The zero-order chi connectivity index (χ0) is 6.41. The maximum atomic E-state index is 5.36. The molecule has 2 nitrogen and oxygen atoms in total. The Kier molecular flexibility index (Phi) is 4.56. The van der Waals surface area contributed by atoms with Gasteiger partial charge in [-0.3, -0.25) is 4.99 Å². The van der Waals surface area contributed by atoms with Gasteiger partial charge < -0.3 is 0 Å². The second-order valence-corrected chi connectivity index (χ2v) is 1.65. The van der Waals surface area contributed by atoms with E-state index in [0.717, 1.165) is 13.0 Å². The summed E-state index contributed by atoms with van der Waals surface area (Å²) in [5, 5.41) is 0.256. The van der Waals surface area contributed by atoms with Gasteiger partial charge in [-0.25, -0.2) is 4.99 Å². The van der Waals surface area contributed by atoms with Crippen molar-refractivity contribution in [2.24, 2.45) is 9.98 Å². The maximum Gasteiger partial charge on any atom is 0.217 e. The van der Waals surface area contributed by atoms with Gasteiger partial charge in [-0.2, -0.15) is 0 Å². The van der Waals surface area contributed by atoms with E-state index in [-0.39, 0.29) is 5.29 Å². The Bertz CT molecular complexity index is 98.6. The summed E-state index contributed by atoms with van der Waals surface area (Å²) in [6.07, 6.45) is 0.992. The van der Waals surface area contributed by atoms with Crippen molar-refractivity contribution in [2.45, 2.75) is 13.3 Å². The Morgan fingerprint density at radius 1 is 1.75 bits per heavy atom. The molecule has 0 fully saturated rings. The zero-order valence-electron chi connectivity index (χ0n) is 4.89. The standard InChI is InChI=1S/C5H9ClN2/c1-3-4-8-5(6)7-2/h2-4H2,1H3/b8-5-. The highest BCUT2D eigenvalue weighted by atomic mass is 35.5. The molecule has 46 valence electrons. The van der Waals surface area contributed by atoms with Gasteiger partial charge in [0.1, 0.15) is 0 Å². The fourth-order valence-electron chi connectivity index (χ4n) is 0.254. The van der Waals surface area contributed by atoms with Gasteiger partial charge in [0.25, 0.3) is 0 Å². The quantitative estimate of drug-likeness (QED) is 0.310. The van der Waals surface area contributed by atoms with Gasteiger partial charge in [-0.15, -0.1) is 0 Å². The summed E-state index contributed by atoms with van der Waals surface area (Å²) in [6.45, 7) is 5.96. The van der Waals surface area contributed by atoms with E-state index in [1.807, 2.05) is 6.92 Å². The number of hydrogen-bond acceptors (Lipinski definition) is 1. The van der Waals surface area contributed by atoms with Gasteiger partial charge >= 0.3 is 0 Å². The van der Waals surface area contributed by atoms with Crippen molar-refractivity contribution in [3.63, 3.8) is 0 Å². The van der Waals surface area contributed by atoms with Crippen LogP contribution in [0.1, 0.15) is 13.3 Å². The summed E-state index contributed by atoms with van der Waals surface area (Å²) in [5.41, 5.74) is 0. The van der Waals surface area contributed by atoms with Gasteiger partial charge in [-0.1, -0.05) is 6.92 Å². The average molecular weight is 133 g/mol. The van der Waals surface area contributed by atoms with Crippen LogP contribution >= 0.6 is 11.6 Å². The lowest BCUT2D eigenvalue weighted by Gasteiger charge is -1.84. The Hall–Kier alpha value is -0.370. The molecule has 0 aliphatic rings. The molecule has 0 amide bonds. The first-order valence-electron chi connectivity index (χ1n) is 2.48. The molecule has 0 aromatic heterocycles. The Labute approximate surface area is 54.3 Å². The molecule has 0 bridgehead atoms. The molecule has 0 unspecified atom stereocenters. The third-order valence-corrected chi connectivity index (χ3v) is 0.835. The monoisotopic (exact) mass is 132 g/mol. The van der Waals surface area contributed by atoms with Crippen LogP contribution < -0.4 is 0 Å². The van der Waals surface area contributed by atoms with Crippen LogP contribution in [0.25, 0.3) is 0 Å². The topological polar surface area (TPSA) is 24.7 Å². The normalized spacial score (nSPS) is 11.5. The molecule has 0 saturated heterocycles. The molecule has 0 aliphatic carbocycles. The molecule has 0 saturated carbocycles. The van der Waals surface area contributed by atoms with Crippen molar-refractivity contribution < 1.29 is 0 Å². The Morgan fingerprint density at radius 3 is 2.75 bits per heavy atom. The fraction of sp³-hybridized carbons (Fsp3) is 0.600. The number of rotatable bonds is 2. The van der Waals surface area contributed by atoms with Crippen LogP contribution in [0, 0.1) is 0 Å². The number of amidine groups is 1. The van der Waals surface area contributed by atoms with E-state index in [4.69, 9.17) is 11.6 Å². The largest absolute Gasteiger partial charge is 0.256 e. The number of aliphatic imine (C=N–C) groups is 2. The highest BCUT2D eigenvalue weighted by Gasteiger charge is 1.81. The molecule has 0 aliphatic heterocycles. The van der Waals surface area contributed by atoms with E-state index >= 15 is 0 Å². The minimum Gasteiger partial charge on any atom is -0.256 e. The first-order chi connectivity index (χ1) is 3.81. The maximum absolute atomic E-state index is 5.36. The number of hydrogen-bond donors (Lipinski definition) is 0. The van der Waals surface area contributed by atoms with Crippen molar-refractivity contribution >= 4 is 23.6 Å². The summed E-state index contributed by atoms with van der Waals surface area (Å²) < 4.78 is 0. The van der Waals surface area contributed by atoms with Crippen molar-refractivity contribution in [3.05, 3.63) is 0 Å². The molecule has 0 aromatic rings. The van der Waals surface area contributed by atoms with Gasteiger partial charge in [0.05, 0.1) is 0 Å². The molecular formula is C5H9ClN2. The van der Waals surface area contributed by atoms with Gasteiger partial charge in [0.2, 0.25) is 5.29 Å². The van der Waals surface area contributed by atoms with E-state index in [2.05, 4.69) is 16.7 Å². The van der Waals surface area contributed by atoms with Crippen LogP contribution in [0.15, 0.2) is 9.98 Å². The molecule has 3 heteroatoms. The molecule has 0 N–H and O–H groups in total. The lowest BCUT2D eigenvalue weighted by Crippen LogP contribution is -1.82. The van der Waals surface area contributed by atoms with Gasteiger partial charge in [0.15, 0.2) is 0 Å². The van der Waals surface area contributed by atoms with Crippen molar-refractivity contribution in [1.82, 2.24) is 0 Å². The summed E-state index contributed by atoms with van der Waals surface area (Å²) in [7, 11) is 0. The molecular weight excluding hydrogens is 124 g/mol. The van der Waals surface area contributed by atoms with E-state index in [9.17, 15) is 0 Å². The Balaban J connectivity index is 3.40. The van der Waals surface area contributed by atoms with Crippen LogP contribution in [-0.2, 0) is 0 Å². The lowest BCUT2D eigenvalue weighted by molar-refractivity contribution is 0.934. The van der Waals surface area contributed by atoms with Crippen molar-refractivity contribution in [1.29, 1.82) is 0 Å². The van der Waals surface area contributed by atoms with Crippen LogP contribution in [-0.4, -0.2) is 18.6 Å². The molecule has 0 rings (SSSR count). The first-order valence-corrected chi connectivity index (χ1v) is 2.85. The third kappa shape index (κ3) is 3.81. The summed E-state index contributed by atoms with van der Waals surface area (Å²) >= 11 is 5.36. The van der Waals surface area contributed by atoms with E-state index < -0.39 is 0 Å². The molecule has 8 heavy (non-hydrogen) atoms. The lowest BCUT2D eigenvalue weighted by atomic mass is 10.5. The predicted octanol–water partition coefficient (Wildman–Crippen LogP) is 1.69. The van der Waals surface area contributed by atoms with Gasteiger partial charge in [0, 0.05) is 6.54 Å². The average Bonchev–Trinajstić information content (AvgIpc) is 1.83. The zero-order valence-corrected chi connectivity index (χ0v) is 5.65. The fourth-order valence-corrected chi connectivity index (χ4v) is 0.339. The molecule has 0 spiro atoms. The summed E-state index contributed by atoms with van der Waals surface area (Å²) in [4.78, 5) is 7.21. The van der Waals surface area contributed by atoms with Crippen LogP contribution in [0.4, 0.5) is 0 Å². The van der Waals surface area contributed by atoms with E-state index in [1.54, 1.807) is 0 Å². The SMILES string of the molecule is C=N/C(Cl)=N\CCC. The summed E-state index contributed by atoms with van der Waals surface area (Å²) in [6, 6.07) is 0. The highest BCUT2D eigenvalue weighted by molar-refractivity contribution is 6.65. The van der Waals surface area contributed by atoms with Crippen molar-refractivity contribution in [3.8, 4) is 0 Å². The molecule has 0 radical (unpaired) electrons. The number of nitrogens with zero attached hydrogens (tertiary/aromatic N) is 2.